The highest BCUT2D eigenvalue weighted by Gasteiger charge is 2.27. The van der Waals surface area contributed by atoms with Crippen molar-refractivity contribution < 1.29 is 9.53 Å². The number of rotatable bonds is 6. The Balaban J connectivity index is 2.13. The molecule has 0 bridgehead atoms. The van der Waals surface area contributed by atoms with Crippen molar-refractivity contribution in [3.05, 3.63) is 0 Å². The summed E-state index contributed by atoms with van der Waals surface area (Å²) in [6.07, 6.45) is 6.20. The van der Waals surface area contributed by atoms with Crippen LogP contribution in [0.4, 0.5) is 0 Å². The van der Waals surface area contributed by atoms with Crippen LogP contribution in [0.25, 0.3) is 0 Å². The quantitative estimate of drug-likeness (QED) is 0.668. The monoisotopic (exact) mass is 228 g/mol. The van der Waals surface area contributed by atoms with Crippen molar-refractivity contribution in [1.82, 2.24) is 5.32 Å². The lowest BCUT2D eigenvalue weighted by atomic mass is 9.84. The Morgan fingerprint density at radius 1 is 1.38 bits per heavy atom. The Hall–Kier alpha value is -0.610. The number of hydrogen-bond acceptors (Lipinski definition) is 3. The molecule has 0 radical (unpaired) electrons. The minimum Gasteiger partial charge on any atom is -0.385 e. The van der Waals surface area contributed by atoms with Gasteiger partial charge in [0.2, 0.25) is 5.91 Å². The van der Waals surface area contributed by atoms with Gasteiger partial charge in [-0.05, 0) is 25.7 Å². The van der Waals surface area contributed by atoms with Crippen LogP contribution in [0.15, 0.2) is 0 Å². The molecule has 3 N–H and O–H groups in total. The van der Waals surface area contributed by atoms with Crippen LogP contribution in [0.5, 0.6) is 0 Å². The average Bonchev–Trinajstić information content (AvgIpc) is 2.29. The summed E-state index contributed by atoms with van der Waals surface area (Å²) in [4.78, 5) is 11.8. The van der Waals surface area contributed by atoms with Crippen molar-refractivity contribution >= 4 is 5.91 Å². The lowest BCUT2D eigenvalue weighted by Gasteiger charge is -2.27. The maximum atomic E-state index is 11.8. The smallest absolute Gasteiger partial charge is 0.224 e. The molecule has 0 spiro atoms. The van der Waals surface area contributed by atoms with Crippen molar-refractivity contribution in [3.8, 4) is 0 Å². The summed E-state index contributed by atoms with van der Waals surface area (Å²) in [5.41, 5.74) is 5.95. The van der Waals surface area contributed by atoms with Crippen LogP contribution in [0, 0.1) is 5.92 Å². The molecule has 0 saturated heterocycles. The standard InChI is InChI=1S/C12H24N2O2/c1-16-9-5-4-8-14-12(15)10-6-2-3-7-11(10)13/h10-11H,2-9,13H2,1H3,(H,14,15). The third-order valence-corrected chi connectivity index (χ3v) is 3.23. The average molecular weight is 228 g/mol. The molecule has 0 aliphatic heterocycles. The third kappa shape index (κ3) is 4.49. The lowest BCUT2D eigenvalue weighted by molar-refractivity contribution is -0.126. The molecule has 4 nitrogen and oxygen atoms in total. The van der Waals surface area contributed by atoms with Crippen LogP contribution in [0.1, 0.15) is 38.5 Å². The molecule has 0 aromatic heterocycles. The van der Waals surface area contributed by atoms with Crippen LogP contribution >= 0.6 is 0 Å². The van der Waals surface area contributed by atoms with Gasteiger partial charge in [0.25, 0.3) is 0 Å². The summed E-state index contributed by atoms with van der Waals surface area (Å²) in [7, 11) is 1.69. The molecule has 0 aromatic rings. The zero-order valence-electron chi connectivity index (χ0n) is 10.2. The molecule has 2 atom stereocenters. The zero-order chi connectivity index (χ0) is 11.8. The fourth-order valence-electron chi connectivity index (χ4n) is 2.20. The summed E-state index contributed by atoms with van der Waals surface area (Å²) in [5.74, 6) is 0.181. The van der Waals surface area contributed by atoms with Gasteiger partial charge in [0.1, 0.15) is 0 Å². The summed E-state index contributed by atoms with van der Waals surface area (Å²) >= 11 is 0. The number of hydrogen-bond donors (Lipinski definition) is 2. The molecular weight excluding hydrogens is 204 g/mol. The van der Waals surface area contributed by atoms with Crippen LogP contribution in [0.2, 0.25) is 0 Å². The summed E-state index contributed by atoms with van der Waals surface area (Å²) in [5, 5.41) is 2.97. The van der Waals surface area contributed by atoms with Crippen LogP contribution < -0.4 is 11.1 Å². The van der Waals surface area contributed by atoms with Crippen LogP contribution in [-0.4, -0.2) is 32.2 Å². The van der Waals surface area contributed by atoms with Gasteiger partial charge in [-0.2, -0.15) is 0 Å². The second kappa shape index (κ2) is 7.63. The zero-order valence-corrected chi connectivity index (χ0v) is 10.2. The number of amides is 1. The van der Waals surface area contributed by atoms with Gasteiger partial charge in [-0.25, -0.2) is 0 Å². The molecule has 1 saturated carbocycles. The SMILES string of the molecule is COCCCCNC(=O)C1CCCCC1N. The number of carbonyl (C=O) groups excluding carboxylic acids is 1. The lowest BCUT2D eigenvalue weighted by Crippen LogP contribution is -2.43. The Morgan fingerprint density at radius 3 is 2.81 bits per heavy atom. The molecule has 1 aliphatic carbocycles. The first-order valence-corrected chi connectivity index (χ1v) is 6.28. The number of ether oxygens (including phenoxy) is 1. The number of unbranched alkanes of at least 4 members (excludes halogenated alkanes) is 1. The van der Waals surface area contributed by atoms with E-state index >= 15 is 0 Å². The Morgan fingerprint density at radius 2 is 2.12 bits per heavy atom. The summed E-state index contributed by atoms with van der Waals surface area (Å²) < 4.78 is 4.95. The van der Waals surface area contributed by atoms with Crippen molar-refractivity contribution in [3.63, 3.8) is 0 Å². The number of nitrogens with one attached hydrogen (secondary N) is 1. The van der Waals surface area contributed by atoms with Gasteiger partial charge in [-0.3, -0.25) is 4.79 Å². The molecule has 1 rings (SSSR count). The number of methoxy groups -OCH3 is 1. The minimum atomic E-state index is 0.0381. The van der Waals surface area contributed by atoms with Crippen molar-refractivity contribution in [1.29, 1.82) is 0 Å². The number of carbonyl (C=O) groups is 1. The first-order chi connectivity index (χ1) is 7.75. The summed E-state index contributed by atoms with van der Waals surface area (Å²) in [6.45, 7) is 1.50. The van der Waals surface area contributed by atoms with Gasteiger partial charge in [-0.1, -0.05) is 12.8 Å². The molecule has 1 fully saturated rings. The van der Waals surface area contributed by atoms with Crippen LogP contribution in [-0.2, 0) is 9.53 Å². The van der Waals surface area contributed by atoms with E-state index in [9.17, 15) is 4.79 Å². The molecule has 0 heterocycles. The molecule has 1 amide bonds. The molecule has 2 unspecified atom stereocenters. The van der Waals surface area contributed by atoms with Crippen molar-refractivity contribution in [2.45, 2.75) is 44.6 Å². The van der Waals surface area contributed by atoms with Gasteiger partial charge in [-0.15, -0.1) is 0 Å². The normalized spacial score (nSPS) is 25.4. The van der Waals surface area contributed by atoms with E-state index in [1.807, 2.05) is 0 Å². The Labute approximate surface area is 97.9 Å². The van der Waals surface area contributed by atoms with E-state index in [-0.39, 0.29) is 17.9 Å². The predicted molar refractivity (Wildman–Crippen MR) is 64.1 cm³/mol. The molecule has 94 valence electrons. The molecule has 4 heteroatoms. The molecule has 16 heavy (non-hydrogen) atoms. The Bertz CT molecular complexity index is 209. The molecular formula is C12H24N2O2. The molecule has 0 aromatic carbocycles. The number of nitrogens with two attached hydrogens (primary N) is 1. The van der Waals surface area contributed by atoms with Crippen molar-refractivity contribution in [2.75, 3.05) is 20.3 Å². The second-order valence-electron chi connectivity index (χ2n) is 4.55. The van der Waals surface area contributed by atoms with E-state index in [1.165, 1.54) is 6.42 Å². The fraction of sp³-hybridized carbons (Fsp3) is 0.917. The van der Waals surface area contributed by atoms with E-state index in [1.54, 1.807) is 7.11 Å². The second-order valence-corrected chi connectivity index (χ2v) is 4.55. The molecule has 1 aliphatic rings. The van der Waals surface area contributed by atoms with Gasteiger partial charge in [0, 0.05) is 26.3 Å². The van der Waals surface area contributed by atoms with E-state index < -0.39 is 0 Å². The largest absolute Gasteiger partial charge is 0.385 e. The van der Waals surface area contributed by atoms with Crippen LogP contribution in [0.3, 0.4) is 0 Å². The van der Waals surface area contributed by atoms with Gasteiger partial charge in [0.05, 0.1) is 5.92 Å². The van der Waals surface area contributed by atoms with E-state index in [2.05, 4.69) is 5.32 Å². The van der Waals surface area contributed by atoms with E-state index in [0.29, 0.717) is 0 Å². The van der Waals surface area contributed by atoms with E-state index in [4.69, 9.17) is 10.5 Å². The van der Waals surface area contributed by atoms with Crippen molar-refractivity contribution in [2.24, 2.45) is 11.7 Å². The highest BCUT2D eigenvalue weighted by molar-refractivity contribution is 5.79. The maximum absolute atomic E-state index is 11.8. The van der Waals surface area contributed by atoms with Gasteiger partial charge >= 0.3 is 0 Å². The summed E-state index contributed by atoms with van der Waals surface area (Å²) in [6, 6.07) is 0.0627. The first-order valence-electron chi connectivity index (χ1n) is 6.28. The fourth-order valence-corrected chi connectivity index (χ4v) is 2.20. The highest BCUT2D eigenvalue weighted by atomic mass is 16.5. The highest BCUT2D eigenvalue weighted by Crippen LogP contribution is 2.22. The topological polar surface area (TPSA) is 64.3 Å². The maximum Gasteiger partial charge on any atom is 0.224 e. The minimum absolute atomic E-state index is 0.0381. The predicted octanol–water partition coefficient (Wildman–Crippen LogP) is 1.05. The van der Waals surface area contributed by atoms with Gasteiger partial charge < -0.3 is 15.8 Å². The Kier molecular flexibility index (Phi) is 6.42. The van der Waals surface area contributed by atoms with E-state index in [0.717, 1.165) is 45.3 Å². The van der Waals surface area contributed by atoms with Gasteiger partial charge in [0.15, 0.2) is 0 Å². The first kappa shape index (κ1) is 13.5. The third-order valence-electron chi connectivity index (χ3n) is 3.23.